The standard InChI is InChI=1S/C16H10FNO2S2/c17-11-4-2-6-13(9-11)20-12-5-1-3-10(7-12)8-14-15(19)18-16(21)22-14/h1-9H,(H,18,19,21). The van der Waals surface area contributed by atoms with Gasteiger partial charge >= 0.3 is 0 Å². The first-order valence-electron chi connectivity index (χ1n) is 6.38. The molecule has 3 rings (SSSR count). The number of halogens is 1. The van der Waals surface area contributed by atoms with Gasteiger partial charge in [0.05, 0.1) is 4.91 Å². The molecule has 110 valence electrons. The summed E-state index contributed by atoms with van der Waals surface area (Å²) in [5.74, 6) is 0.416. The highest BCUT2D eigenvalue weighted by Gasteiger charge is 2.21. The maximum absolute atomic E-state index is 13.2. The average Bonchev–Trinajstić information content (AvgIpc) is 2.77. The average molecular weight is 331 g/mol. The lowest BCUT2D eigenvalue weighted by molar-refractivity contribution is -0.115. The van der Waals surface area contributed by atoms with Gasteiger partial charge in [0.15, 0.2) is 0 Å². The molecule has 0 atom stereocenters. The van der Waals surface area contributed by atoms with E-state index in [-0.39, 0.29) is 11.7 Å². The van der Waals surface area contributed by atoms with Crippen LogP contribution in [0.3, 0.4) is 0 Å². The predicted molar refractivity (Wildman–Crippen MR) is 89.2 cm³/mol. The van der Waals surface area contributed by atoms with Gasteiger partial charge in [-0.2, -0.15) is 0 Å². The van der Waals surface area contributed by atoms with Crippen molar-refractivity contribution in [2.45, 2.75) is 0 Å². The molecule has 0 radical (unpaired) electrons. The molecule has 22 heavy (non-hydrogen) atoms. The summed E-state index contributed by atoms with van der Waals surface area (Å²) in [7, 11) is 0. The van der Waals surface area contributed by atoms with E-state index < -0.39 is 0 Å². The number of carbonyl (C=O) groups excluding carboxylic acids is 1. The molecule has 0 spiro atoms. The van der Waals surface area contributed by atoms with Crippen LogP contribution in [0.4, 0.5) is 4.39 Å². The van der Waals surface area contributed by atoms with Gasteiger partial charge in [0, 0.05) is 6.07 Å². The molecule has 2 aromatic rings. The van der Waals surface area contributed by atoms with Crippen molar-refractivity contribution >= 4 is 40.3 Å². The minimum atomic E-state index is -0.358. The van der Waals surface area contributed by atoms with Gasteiger partial charge in [-0.15, -0.1) is 0 Å². The third kappa shape index (κ3) is 3.52. The van der Waals surface area contributed by atoms with Crippen LogP contribution in [-0.2, 0) is 4.79 Å². The summed E-state index contributed by atoms with van der Waals surface area (Å²) in [5, 5.41) is 2.56. The van der Waals surface area contributed by atoms with Crippen LogP contribution in [0.25, 0.3) is 6.08 Å². The summed E-state index contributed by atoms with van der Waals surface area (Å²) < 4.78 is 19.2. The van der Waals surface area contributed by atoms with Crippen LogP contribution in [0, 0.1) is 5.82 Å². The van der Waals surface area contributed by atoms with E-state index in [9.17, 15) is 9.18 Å². The smallest absolute Gasteiger partial charge is 0.263 e. The molecule has 6 heteroatoms. The summed E-state index contributed by atoms with van der Waals surface area (Å²) in [6.07, 6.45) is 1.73. The van der Waals surface area contributed by atoms with Crippen LogP contribution in [0.1, 0.15) is 5.56 Å². The number of rotatable bonds is 3. The molecule has 0 aliphatic carbocycles. The number of thioether (sulfide) groups is 1. The van der Waals surface area contributed by atoms with Crippen LogP contribution < -0.4 is 10.1 Å². The number of hydrogen-bond donors (Lipinski definition) is 1. The summed E-state index contributed by atoms with van der Waals surface area (Å²) in [6.45, 7) is 0. The van der Waals surface area contributed by atoms with Crippen molar-refractivity contribution in [3.8, 4) is 11.5 Å². The second kappa shape index (κ2) is 6.29. The molecule has 1 fully saturated rings. The largest absolute Gasteiger partial charge is 0.457 e. The van der Waals surface area contributed by atoms with Crippen molar-refractivity contribution in [3.05, 3.63) is 64.8 Å². The first-order chi connectivity index (χ1) is 10.6. The highest BCUT2D eigenvalue weighted by molar-refractivity contribution is 8.26. The topological polar surface area (TPSA) is 38.3 Å². The second-order valence-corrected chi connectivity index (χ2v) is 6.20. The van der Waals surface area contributed by atoms with E-state index in [0.717, 1.165) is 5.56 Å². The van der Waals surface area contributed by atoms with E-state index in [2.05, 4.69) is 5.32 Å². The van der Waals surface area contributed by atoms with E-state index in [1.807, 2.05) is 6.07 Å². The number of benzene rings is 2. The molecule has 1 amide bonds. The van der Waals surface area contributed by atoms with Crippen LogP contribution in [0.2, 0.25) is 0 Å². The first-order valence-corrected chi connectivity index (χ1v) is 7.61. The maximum atomic E-state index is 13.2. The molecule has 1 N–H and O–H groups in total. The molecule has 2 aromatic carbocycles. The van der Waals surface area contributed by atoms with Crippen molar-refractivity contribution in [1.82, 2.24) is 5.32 Å². The zero-order valence-corrected chi connectivity index (χ0v) is 12.8. The highest BCUT2D eigenvalue weighted by atomic mass is 32.2. The van der Waals surface area contributed by atoms with Gasteiger partial charge in [-0.1, -0.05) is 42.2 Å². The molecule has 0 bridgehead atoms. The lowest BCUT2D eigenvalue weighted by Gasteiger charge is -2.06. The number of nitrogens with one attached hydrogen (secondary N) is 1. The Balaban J connectivity index is 1.82. The van der Waals surface area contributed by atoms with Gasteiger partial charge in [-0.05, 0) is 35.9 Å². The van der Waals surface area contributed by atoms with E-state index in [4.69, 9.17) is 17.0 Å². The Morgan fingerprint density at radius 1 is 1.14 bits per heavy atom. The fourth-order valence-electron chi connectivity index (χ4n) is 1.91. The van der Waals surface area contributed by atoms with Crippen LogP contribution in [0.5, 0.6) is 11.5 Å². The number of carbonyl (C=O) groups is 1. The van der Waals surface area contributed by atoms with E-state index >= 15 is 0 Å². The fourth-order valence-corrected chi connectivity index (χ4v) is 2.95. The molecule has 3 nitrogen and oxygen atoms in total. The second-order valence-electron chi connectivity index (χ2n) is 4.48. The molecule has 1 saturated heterocycles. The van der Waals surface area contributed by atoms with Gasteiger partial charge in [-0.3, -0.25) is 4.79 Å². The summed E-state index contributed by atoms with van der Waals surface area (Å²) >= 11 is 6.17. The van der Waals surface area contributed by atoms with E-state index in [1.165, 1.54) is 23.9 Å². The molecule has 0 aromatic heterocycles. The Kier molecular flexibility index (Phi) is 4.22. The molecule has 0 saturated carbocycles. The van der Waals surface area contributed by atoms with Gasteiger partial charge in [-0.25, -0.2) is 4.39 Å². The van der Waals surface area contributed by atoms with E-state index in [0.29, 0.717) is 20.7 Å². The molecule has 1 aliphatic rings. The summed E-state index contributed by atoms with van der Waals surface area (Å²) in [6, 6.07) is 13.1. The first kappa shape index (κ1) is 14.7. The van der Waals surface area contributed by atoms with Crippen molar-refractivity contribution in [1.29, 1.82) is 0 Å². The zero-order chi connectivity index (χ0) is 15.5. The zero-order valence-electron chi connectivity index (χ0n) is 11.2. The van der Waals surface area contributed by atoms with Gasteiger partial charge in [0.25, 0.3) is 5.91 Å². The van der Waals surface area contributed by atoms with Crippen molar-refractivity contribution in [3.63, 3.8) is 0 Å². The minimum absolute atomic E-state index is 0.202. The SMILES string of the molecule is O=C1NC(=S)SC1=Cc1cccc(Oc2cccc(F)c2)c1. The Hall–Kier alpha value is -2.18. The molecular formula is C16H10FNO2S2. The molecule has 1 aliphatic heterocycles. The fraction of sp³-hybridized carbons (Fsp3) is 0. The predicted octanol–water partition coefficient (Wildman–Crippen LogP) is 4.11. The van der Waals surface area contributed by atoms with Crippen molar-refractivity contribution < 1.29 is 13.9 Å². The Morgan fingerprint density at radius 3 is 2.55 bits per heavy atom. The Morgan fingerprint density at radius 2 is 1.86 bits per heavy atom. The summed E-state index contributed by atoms with van der Waals surface area (Å²) in [4.78, 5) is 12.2. The summed E-state index contributed by atoms with van der Waals surface area (Å²) in [5.41, 5.74) is 0.802. The molecule has 1 heterocycles. The number of ether oxygens (including phenoxy) is 1. The lowest BCUT2D eigenvalue weighted by atomic mass is 10.2. The maximum Gasteiger partial charge on any atom is 0.263 e. The quantitative estimate of drug-likeness (QED) is 0.679. The highest BCUT2D eigenvalue weighted by Crippen LogP contribution is 2.28. The van der Waals surface area contributed by atoms with Crippen molar-refractivity contribution in [2.75, 3.05) is 0 Å². The Labute approximate surface area is 136 Å². The number of hydrogen-bond acceptors (Lipinski definition) is 4. The van der Waals surface area contributed by atoms with Crippen LogP contribution in [0.15, 0.2) is 53.4 Å². The molecular weight excluding hydrogens is 321 g/mol. The van der Waals surface area contributed by atoms with Crippen LogP contribution >= 0.6 is 24.0 Å². The normalized spacial score (nSPS) is 16.0. The van der Waals surface area contributed by atoms with Crippen molar-refractivity contribution in [2.24, 2.45) is 0 Å². The third-order valence-corrected chi connectivity index (χ3v) is 3.99. The van der Waals surface area contributed by atoms with E-state index in [1.54, 1.807) is 36.4 Å². The number of thiocarbonyl (C=S) groups is 1. The lowest BCUT2D eigenvalue weighted by Crippen LogP contribution is -2.17. The monoisotopic (exact) mass is 331 g/mol. The Bertz CT molecular complexity index is 789. The van der Waals surface area contributed by atoms with Gasteiger partial charge in [0.2, 0.25) is 0 Å². The van der Waals surface area contributed by atoms with Crippen LogP contribution in [-0.4, -0.2) is 10.2 Å². The van der Waals surface area contributed by atoms with Gasteiger partial charge in [0.1, 0.15) is 21.6 Å². The van der Waals surface area contributed by atoms with Gasteiger partial charge < -0.3 is 10.1 Å². The molecule has 0 unspecified atom stereocenters. The third-order valence-electron chi connectivity index (χ3n) is 2.83. The minimum Gasteiger partial charge on any atom is -0.457 e. The number of amides is 1.